The van der Waals surface area contributed by atoms with Crippen LogP contribution in [0.2, 0.25) is 5.02 Å². The van der Waals surface area contributed by atoms with E-state index in [1.165, 1.54) is 12.1 Å². The van der Waals surface area contributed by atoms with E-state index in [2.05, 4.69) is 6.58 Å². The first-order chi connectivity index (χ1) is 6.15. The van der Waals surface area contributed by atoms with Gasteiger partial charge in [-0.2, -0.15) is 0 Å². The average Bonchev–Trinajstić information content (AvgIpc) is 2.04. The zero-order valence-electron chi connectivity index (χ0n) is 7.13. The number of hydrogen-bond acceptors (Lipinski definition) is 1. The van der Waals surface area contributed by atoms with Gasteiger partial charge in [0.15, 0.2) is 0 Å². The van der Waals surface area contributed by atoms with Crippen LogP contribution in [0.25, 0.3) is 0 Å². The molecule has 1 rings (SSSR count). The summed E-state index contributed by atoms with van der Waals surface area (Å²) in [5.41, 5.74) is 6.53. The van der Waals surface area contributed by atoms with Crippen LogP contribution in [0, 0.1) is 5.82 Å². The fraction of sp³-hybridized carbons (Fsp3) is 0.200. The fourth-order valence-corrected chi connectivity index (χ4v) is 1.42. The molecule has 1 aromatic carbocycles. The third-order valence-corrected chi connectivity index (χ3v) is 2.11. The predicted octanol–water partition coefficient (Wildman–Crippen LogP) is 3.06. The Morgan fingerprint density at radius 1 is 1.62 bits per heavy atom. The molecule has 1 unspecified atom stereocenters. The highest BCUT2D eigenvalue weighted by Crippen LogP contribution is 2.24. The van der Waals surface area contributed by atoms with Crippen LogP contribution in [0.3, 0.4) is 0 Å². The van der Waals surface area contributed by atoms with E-state index in [4.69, 9.17) is 17.3 Å². The largest absolute Gasteiger partial charge is 0.324 e. The fourth-order valence-electron chi connectivity index (χ4n) is 1.11. The summed E-state index contributed by atoms with van der Waals surface area (Å²) in [6.07, 6.45) is 2.34. The molecule has 0 spiro atoms. The van der Waals surface area contributed by atoms with Crippen molar-refractivity contribution >= 4 is 11.6 Å². The van der Waals surface area contributed by atoms with Gasteiger partial charge in [-0.15, -0.1) is 6.58 Å². The SMILES string of the molecule is C=CCC(N)c1ccc(F)cc1Cl. The van der Waals surface area contributed by atoms with Crippen molar-refractivity contribution in [3.05, 3.63) is 47.3 Å². The molecule has 0 fully saturated rings. The first kappa shape index (κ1) is 10.2. The zero-order valence-corrected chi connectivity index (χ0v) is 7.89. The molecule has 0 aliphatic rings. The molecule has 70 valence electrons. The molecule has 0 aliphatic heterocycles. The standard InChI is InChI=1S/C10H11ClFN/c1-2-3-10(13)8-5-4-7(12)6-9(8)11/h2,4-6,10H,1,3,13H2. The van der Waals surface area contributed by atoms with Crippen LogP contribution in [-0.2, 0) is 0 Å². The molecule has 1 atom stereocenters. The predicted molar refractivity (Wildman–Crippen MR) is 53.2 cm³/mol. The molecule has 0 heterocycles. The van der Waals surface area contributed by atoms with Crippen LogP contribution in [0.1, 0.15) is 18.0 Å². The van der Waals surface area contributed by atoms with Crippen LogP contribution < -0.4 is 5.73 Å². The molecular weight excluding hydrogens is 189 g/mol. The summed E-state index contributed by atoms with van der Waals surface area (Å²) in [7, 11) is 0. The second kappa shape index (κ2) is 4.40. The van der Waals surface area contributed by atoms with Gasteiger partial charge in [0.1, 0.15) is 5.82 Å². The molecule has 1 nitrogen and oxygen atoms in total. The molecule has 0 amide bonds. The molecule has 0 radical (unpaired) electrons. The topological polar surface area (TPSA) is 26.0 Å². The molecule has 2 N–H and O–H groups in total. The lowest BCUT2D eigenvalue weighted by Gasteiger charge is -2.10. The van der Waals surface area contributed by atoms with E-state index in [0.717, 1.165) is 5.56 Å². The van der Waals surface area contributed by atoms with Gasteiger partial charge in [0.25, 0.3) is 0 Å². The maximum absolute atomic E-state index is 12.7. The molecule has 0 saturated heterocycles. The van der Waals surface area contributed by atoms with E-state index in [9.17, 15) is 4.39 Å². The second-order valence-electron chi connectivity index (χ2n) is 2.80. The number of nitrogens with two attached hydrogens (primary N) is 1. The van der Waals surface area contributed by atoms with Crippen molar-refractivity contribution in [2.24, 2.45) is 5.73 Å². The average molecular weight is 200 g/mol. The summed E-state index contributed by atoms with van der Waals surface area (Å²) in [6, 6.07) is 4.01. The highest BCUT2D eigenvalue weighted by molar-refractivity contribution is 6.31. The van der Waals surface area contributed by atoms with Gasteiger partial charge in [-0.05, 0) is 24.1 Å². The first-order valence-corrected chi connectivity index (χ1v) is 4.34. The van der Waals surface area contributed by atoms with Crippen molar-refractivity contribution in [1.29, 1.82) is 0 Å². The summed E-state index contributed by atoms with van der Waals surface area (Å²) < 4.78 is 12.7. The van der Waals surface area contributed by atoms with Crippen molar-refractivity contribution in [3.8, 4) is 0 Å². The number of benzene rings is 1. The van der Waals surface area contributed by atoms with Gasteiger partial charge in [0, 0.05) is 11.1 Å². The minimum absolute atomic E-state index is 0.203. The van der Waals surface area contributed by atoms with Crippen molar-refractivity contribution in [1.82, 2.24) is 0 Å². The lowest BCUT2D eigenvalue weighted by molar-refractivity contribution is 0.625. The highest BCUT2D eigenvalue weighted by atomic mass is 35.5. The maximum Gasteiger partial charge on any atom is 0.124 e. The number of halogens is 2. The Balaban J connectivity index is 2.94. The van der Waals surface area contributed by atoms with Gasteiger partial charge >= 0.3 is 0 Å². The smallest absolute Gasteiger partial charge is 0.124 e. The van der Waals surface area contributed by atoms with Crippen LogP contribution in [-0.4, -0.2) is 0 Å². The normalized spacial score (nSPS) is 12.5. The Bertz CT molecular complexity index is 312. The Morgan fingerprint density at radius 2 is 2.31 bits per heavy atom. The third-order valence-electron chi connectivity index (χ3n) is 1.78. The maximum atomic E-state index is 12.7. The van der Waals surface area contributed by atoms with Crippen LogP contribution in [0.15, 0.2) is 30.9 Å². The summed E-state index contributed by atoms with van der Waals surface area (Å²) in [5.74, 6) is -0.348. The van der Waals surface area contributed by atoms with Gasteiger partial charge in [-0.25, -0.2) is 4.39 Å². The van der Waals surface area contributed by atoms with E-state index in [0.29, 0.717) is 11.4 Å². The van der Waals surface area contributed by atoms with Gasteiger partial charge in [-0.1, -0.05) is 23.7 Å². The number of hydrogen-bond donors (Lipinski definition) is 1. The molecule has 3 heteroatoms. The third kappa shape index (κ3) is 2.54. The summed E-state index contributed by atoms with van der Waals surface area (Å²) >= 11 is 5.81. The Morgan fingerprint density at radius 3 is 2.85 bits per heavy atom. The van der Waals surface area contributed by atoms with Gasteiger partial charge in [0.05, 0.1) is 0 Å². The zero-order chi connectivity index (χ0) is 9.84. The van der Waals surface area contributed by atoms with Crippen LogP contribution in [0.4, 0.5) is 4.39 Å². The molecule has 1 aromatic rings. The van der Waals surface area contributed by atoms with Gasteiger partial charge < -0.3 is 5.73 Å². The van der Waals surface area contributed by atoms with E-state index in [1.807, 2.05) is 0 Å². The summed E-state index contributed by atoms with van der Waals surface area (Å²) in [4.78, 5) is 0. The Kier molecular flexibility index (Phi) is 3.46. The molecule has 0 bridgehead atoms. The molecule has 0 aliphatic carbocycles. The van der Waals surface area contributed by atoms with Crippen molar-refractivity contribution < 1.29 is 4.39 Å². The van der Waals surface area contributed by atoms with Crippen LogP contribution >= 0.6 is 11.6 Å². The Hall–Kier alpha value is -0.860. The minimum Gasteiger partial charge on any atom is -0.324 e. The van der Waals surface area contributed by atoms with Crippen molar-refractivity contribution in [3.63, 3.8) is 0 Å². The van der Waals surface area contributed by atoms with Crippen molar-refractivity contribution in [2.45, 2.75) is 12.5 Å². The second-order valence-corrected chi connectivity index (χ2v) is 3.20. The number of rotatable bonds is 3. The molecule has 0 aromatic heterocycles. The minimum atomic E-state index is -0.348. The van der Waals surface area contributed by atoms with E-state index < -0.39 is 0 Å². The van der Waals surface area contributed by atoms with Gasteiger partial charge in [-0.3, -0.25) is 0 Å². The lowest BCUT2D eigenvalue weighted by Crippen LogP contribution is -2.09. The summed E-state index contributed by atoms with van der Waals surface area (Å²) in [6.45, 7) is 3.58. The van der Waals surface area contributed by atoms with Crippen LogP contribution in [0.5, 0.6) is 0 Å². The van der Waals surface area contributed by atoms with E-state index in [1.54, 1.807) is 12.1 Å². The quantitative estimate of drug-likeness (QED) is 0.744. The molecular formula is C10H11ClFN. The highest BCUT2D eigenvalue weighted by Gasteiger charge is 2.08. The van der Waals surface area contributed by atoms with E-state index >= 15 is 0 Å². The van der Waals surface area contributed by atoms with Crippen molar-refractivity contribution in [2.75, 3.05) is 0 Å². The molecule has 13 heavy (non-hydrogen) atoms. The Labute approximate surface area is 82.0 Å². The monoisotopic (exact) mass is 199 g/mol. The van der Waals surface area contributed by atoms with Gasteiger partial charge in [0.2, 0.25) is 0 Å². The lowest BCUT2D eigenvalue weighted by atomic mass is 10.0. The summed E-state index contributed by atoms with van der Waals surface area (Å²) in [5, 5.41) is 0.370. The first-order valence-electron chi connectivity index (χ1n) is 3.96. The molecule has 0 saturated carbocycles. The van der Waals surface area contributed by atoms with E-state index in [-0.39, 0.29) is 11.9 Å².